The second-order valence-corrected chi connectivity index (χ2v) is 3.92. The molecule has 0 radical (unpaired) electrons. The molecule has 0 saturated carbocycles. The molecule has 0 saturated heterocycles. The summed E-state index contributed by atoms with van der Waals surface area (Å²) in [6, 6.07) is 4.96. The van der Waals surface area contributed by atoms with Crippen molar-refractivity contribution in [1.29, 1.82) is 0 Å². The second kappa shape index (κ2) is 4.42. The van der Waals surface area contributed by atoms with Crippen molar-refractivity contribution in [3.8, 4) is 0 Å². The van der Waals surface area contributed by atoms with Crippen LogP contribution < -0.4 is 16.6 Å². The molecular formula is C11H14N4O2. The van der Waals surface area contributed by atoms with Gasteiger partial charge >= 0.3 is 0 Å². The Hall–Kier alpha value is -2.08. The van der Waals surface area contributed by atoms with Gasteiger partial charge in [0.25, 0.3) is 5.56 Å². The number of rotatable bonds is 3. The first kappa shape index (κ1) is 11.4. The molecule has 17 heavy (non-hydrogen) atoms. The molecule has 0 aliphatic carbocycles. The fourth-order valence-corrected chi connectivity index (χ4v) is 1.48. The summed E-state index contributed by atoms with van der Waals surface area (Å²) in [5, 5.41) is 12.4. The number of benzene rings is 1. The van der Waals surface area contributed by atoms with Gasteiger partial charge in [0.05, 0.1) is 17.0 Å². The minimum atomic E-state index is -0.512. The predicted molar refractivity (Wildman–Crippen MR) is 66.9 cm³/mol. The highest BCUT2D eigenvalue weighted by Crippen LogP contribution is 2.12. The monoisotopic (exact) mass is 234 g/mol. The molecule has 6 nitrogen and oxygen atoms in total. The summed E-state index contributed by atoms with van der Waals surface area (Å²) in [6.45, 7) is 1.97. The fourth-order valence-electron chi connectivity index (χ4n) is 1.48. The molecule has 0 aliphatic heterocycles. The van der Waals surface area contributed by atoms with Crippen molar-refractivity contribution < 1.29 is 5.11 Å². The molecule has 0 spiro atoms. The number of aliphatic hydroxyl groups is 1. The smallest absolute Gasteiger partial charge is 0.260 e. The lowest BCUT2D eigenvalue weighted by Gasteiger charge is -2.08. The lowest BCUT2D eigenvalue weighted by Crippen LogP contribution is -2.19. The summed E-state index contributed by atoms with van der Waals surface area (Å²) in [7, 11) is 0. The summed E-state index contributed by atoms with van der Waals surface area (Å²) < 4.78 is 0. The number of hydrogen-bond donors (Lipinski definition) is 4. The molecule has 0 fully saturated rings. The Balaban J connectivity index is 2.42. The summed E-state index contributed by atoms with van der Waals surface area (Å²) in [5.41, 5.74) is 6.43. The molecule has 0 amide bonds. The van der Waals surface area contributed by atoms with Gasteiger partial charge in [-0.05, 0) is 25.1 Å². The van der Waals surface area contributed by atoms with E-state index in [1.807, 2.05) is 0 Å². The molecule has 1 atom stereocenters. The second-order valence-electron chi connectivity index (χ2n) is 3.92. The van der Waals surface area contributed by atoms with Crippen molar-refractivity contribution >= 4 is 22.5 Å². The van der Waals surface area contributed by atoms with Gasteiger partial charge in [0.15, 0.2) is 0 Å². The van der Waals surface area contributed by atoms with Gasteiger partial charge in [0.2, 0.25) is 5.95 Å². The predicted octanol–water partition coefficient (Wildman–Crippen LogP) is 0.298. The number of nitrogens with two attached hydrogens (primary N) is 1. The zero-order valence-electron chi connectivity index (χ0n) is 9.40. The van der Waals surface area contributed by atoms with Crippen molar-refractivity contribution in [2.75, 3.05) is 17.6 Å². The molecule has 2 aromatic rings. The average molecular weight is 234 g/mol. The molecule has 0 aliphatic rings. The van der Waals surface area contributed by atoms with Gasteiger partial charge in [-0.1, -0.05) is 0 Å². The van der Waals surface area contributed by atoms with Gasteiger partial charge in [-0.25, -0.2) is 4.98 Å². The van der Waals surface area contributed by atoms with E-state index in [2.05, 4.69) is 15.3 Å². The number of nitrogens with one attached hydrogen (secondary N) is 2. The van der Waals surface area contributed by atoms with Crippen LogP contribution in [0.5, 0.6) is 0 Å². The fraction of sp³-hybridized carbons (Fsp3) is 0.273. The highest BCUT2D eigenvalue weighted by Gasteiger charge is 2.04. The highest BCUT2D eigenvalue weighted by molar-refractivity contribution is 5.81. The molecular weight excluding hydrogens is 220 g/mol. The van der Waals surface area contributed by atoms with Crippen molar-refractivity contribution in [2.24, 2.45) is 0 Å². The minimum Gasteiger partial charge on any atom is -0.399 e. The number of aromatic nitrogens is 2. The number of anilines is 2. The van der Waals surface area contributed by atoms with E-state index in [1.54, 1.807) is 25.1 Å². The Kier molecular flexibility index (Phi) is 2.97. The summed E-state index contributed by atoms with van der Waals surface area (Å²) in [6.07, 6.45) is -0.512. The minimum absolute atomic E-state index is 0.254. The SMILES string of the molecule is CC(O)CNc1nc2ccc(N)cc2c(=O)[nH]1. The van der Waals surface area contributed by atoms with Crippen molar-refractivity contribution in [2.45, 2.75) is 13.0 Å². The molecule has 2 rings (SSSR count). The van der Waals surface area contributed by atoms with Gasteiger partial charge in [0.1, 0.15) is 0 Å². The molecule has 1 aromatic carbocycles. The first-order valence-electron chi connectivity index (χ1n) is 5.28. The van der Waals surface area contributed by atoms with Crippen molar-refractivity contribution in [1.82, 2.24) is 9.97 Å². The van der Waals surface area contributed by atoms with Crippen LogP contribution in [-0.2, 0) is 0 Å². The van der Waals surface area contributed by atoms with Crippen LogP contribution in [0.4, 0.5) is 11.6 Å². The summed E-state index contributed by atoms with van der Waals surface area (Å²) in [5.74, 6) is 0.341. The van der Waals surface area contributed by atoms with Crippen LogP contribution in [0.2, 0.25) is 0 Å². The van der Waals surface area contributed by atoms with E-state index in [0.717, 1.165) is 0 Å². The maximum atomic E-state index is 11.7. The number of nitrogen functional groups attached to an aromatic ring is 1. The third-order valence-electron chi connectivity index (χ3n) is 2.29. The number of hydrogen-bond acceptors (Lipinski definition) is 5. The molecule has 1 heterocycles. The quantitative estimate of drug-likeness (QED) is 0.572. The van der Waals surface area contributed by atoms with E-state index in [1.165, 1.54) is 0 Å². The van der Waals surface area contributed by atoms with Crippen LogP contribution >= 0.6 is 0 Å². The van der Waals surface area contributed by atoms with Crippen LogP contribution in [0.3, 0.4) is 0 Å². The van der Waals surface area contributed by atoms with Gasteiger partial charge in [0, 0.05) is 12.2 Å². The van der Waals surface area contributed by atoms with Crippen LogP contribution in [0, 0.1) is 0 Å². The summed E-state index contributed by atoms with van der Waals surface area (Å²) >= 11 is 0. The van der Waals surface area contributed by atoms with Gasteiger partial charge in [-0.15, -0.1) is 0 Å². The maximum Gasteiger partial charge on any atom is 0.260 e. The van der Waals surface area contributed by atoms with E-state index in [-0.39, 0.29) is 5.56 Å². The van der Waals surface area contributed by atoms with Crippen LogP contribution in [0.1, 0.15) is 6.92 Å². The highest BCUT2D eigenvalue weighted by atomic mass is 16.3. The molecule has 90 valence electrons. The average Bonchev–Trinajstić information content (AvgIpc) is 2.27. The Bertz CT molecular complexity index is 592. The summed E-state index contributed by atoms with van der Waals surface area (Å²) in [4.78, 5) is 18.5. The van der Waals surface area contributed by atoms with Gasteiger partial charge in [-0.2, -0.15) is 0 Å². The topological polar surface area (TPSA) is 104 Å². The third kappa shape index (κ3) is 2.54. The number of aromatic amines is 1. The molecule has 0 bridgehead atoms. The van der Waals surface area contributed by atoms with Crippen LogP contribution in [-0.4, -0.2) is 27.7 Å². The van der Waals surface area contributed by atoms with E-state index in [0.29, 0.717) is 29.1 Å². The molecule has 1 unspecified atom stereocenters. The largest absolute Gasteiger partial charge is 0.399 e. The van der Waals surface area contributed by atoms with Gasteiger partial charge in [-0.3, -0.25) is 9.78 Å². The van der Waals surface area contributed by atoms with E-state index >= 15 is 0 Å². The van der Waals surface area contributed by atoms with E-state index in [9.17, 15) is 4.79 Å². The van der Waals surface area contributed by atoms with Crippen LogP contribution in [0.15, 0.2) is 23.0 Å². The number of aliphatic hydroxyl groups excluding tert-OH is 1. The Morgan fingerprint density at radius 2 is 2.35 bits per heavy atom. The Labute approximate surface area is 97.5 Å². The standard InChI is InChI=1S/C11H14N4O2/c1-6(16)5-13-11-14-9-3-2-7(12)4-8(9)10(17)15-11/h2-4,6,16H,5,12H2,1H3,(H2,13,14,15,17). The van der Waals surface area contributed by atoms with Crippen molar-refractivity contribution in [3.63, 3.8) is 0 Å². The first-order chi connectivity index (χ1) is 8.06. The Morgan fingerprint density at radius 3 is 3.06 bits per heavy atom. The van der Waals surface area contributed by atoms with Gasteiger partial charge < -0.3 is 16.2 Å². The molecule has 1 aromatic heterocycles. The number of fused-ring (bicyclic) bond motifs is 1. The normalized spacial score (nSPS) is 12.6. The molecule has 6 heteroatoms. The first-order valence-corrected chi connectivity index (χ1v) is 5.28. The molecule has 5 N–H and O–H groups in total. The van der Waals surface area contributed by atoms with Crippen LogP contribution in [0.25, 0.3) is 10.9 Å². The maximum absolute atomic E-state index is 11.7. The lowest BCUT2D eigenvalue weighted by molar-refractivity contribution is 0.208. The number of H-pyrrole nitrogens is 1. The Morgan fingerprint density at radius 1 is 1.59 bits per heavy atom. The zero-order valence-corrected chi connectivity index (χ0v) is 9.40. The van der Waals surface area contributed by atoms with E-state index in [4.69, 9.17) is 10.8 Å². The lowest BCUT2D eigenvalue weighted by atomic mass is 10.2. The number of nitrogens with zero attached hydrogens (tertiary/aromatic N) is 1. The van der Waals surface area contributed by atoms with Crippen molar-refractivity contribution in [3.05, 3.63) is 28.6 Å². The third-order valence-corrected chi connectivity index (χ3v) is 2.29. The van der Waals surface area contributed by atoms with E-state index < -0.39 is 6.10 Å². The zero-order chi connectivity index (χ0) is 12.4.